The molecule has 0 radical (unpaired) electrons. The van der Waals surface area contributed by atoms with E-state index in [1.165, 1.54) is 0 Å². The lowest BCUT2D eigenvalue weighted by atomic mass is 10.4. The second-order valence-electron chi connectivity index (χ2n) is 3.90. The van der Waals surface area contributed by atoms with E-state index < -0.39 is 0 Å². The minimum Gasteiger partial charge on any atom is -0.362 e. The van der Waals surface area contributed by atoms with E-state index in [0.717, 1.165) is 6.08 Å². The molecule has 2 N–H and O–H groups in total. The summed E-state index contributed by atoms with van der Waals surface area (Å²) in [6.45, 7) is 8.63. The topological polar surface area (TPSA) is 87.7 Å². The zero-order chi connectivity index (χ0) is 15.4. The maximum absolute atomic E-state index is 11.6. The number of nitrogens with zero attached hydrogens (tertiary/aromatic N) is 1. The molecule has 0 aliphatic heterocycles. The Morgan fingerprint density at radius 2 is 1.70 bits per heavy atom. The van der Waals surface area contributed by atoms with E-state index in [4.69, 9.17) is 4.74 Å². The first kappa shape index (κ1) is 18.1. The fourth-order valence-corrected chi connectivity index (χ4v) is 1.41. The summed E-state index contributed by atoms with van der Waals surface area (Å²) in [5.41, 5.74) is 0. The zero-order valence-corrected chi connectivity index (χ0v) is 12.1. The van der Waals surface area contributed by atoms with Crippen LogP contribution in [0.1, 0.15) is 13.8 Å². The molecule has 0 atom stereocenters. The van der Waals surface area contributed by atoms with Gasteiger partial charge in [-0.25, -0.2) is 0 Å². The molecule has 7 nitrogen and oxygen atoms in total. The Bertz CT molecular complexity index is 341. The Balaban J connectivity index is 3.66. The van der Waals surface area contributed by atoms with E-state index in [9.17, 15) is 14.4 Å². The first-order valence-electron chi connectivity index (χ1n) is 6.57. The number of carbonyl (C=O) groups is 3. The van der Waals surface area contributed by atoms with Gasteiger partial charge in [0.25, 0.3) is 0 Å². The van der Waals surface area contributed by atoms with Crippen molar-refractivity contribution in [3.05, 3.63) is 12.7 Å². The van der Waals surface area contributed by atoms with E-state index in [2.05, 4.69) is 17.2 Å². The summed E-state index contributed by atoms with van der Waals surface area (Å²) in [6.07, 6.45) is 1.16. The average molecular weight is 285 g/mol. The van der Waals surface area contributed by atoms with Crippen molar-refractivity contribution < 1.29 is 19.1 Å². The summed E-state index contributed by atoms with van der Waals surface area (Å²) in [6, 6.07) is 0. The normalized spacial score (nSPS) is 9.70. The highest BCUT2D eigenvalue weighted by Gasteiger charge is 2.10. The molecule has 0 unspecified atom stereocenters. The Kier molecular flexibility index (Phi) is 9.94. The van der Waals surface area contributed by atoms with Gasteiger partial charge in [-0.2, -0.15) is 0 Å². The third-order valence-electron chi connectivity index (χ3n) is 2.51. The molecule has 0 saturated heterocycles. The van der Waals surface area contributed by atoms with Crippen molar-refractivity contribution in [3.63, 3.8) is 0 Å². The lowest BCUT2D eigenvalue weighted by Crippen LogP contribution is -2.37. The van der Waals surface area contributed by atoms with E-state index in [1.54, 1.807) is 4.90 Å². The van der Waals surface area contributed by atoms with Crippen LogP contribution < -0.4 is 10.6 Å². The van der Waals surface area contributed by atoms with Gasteiger partial charge in [-0.1, -0.05) is 6.58 Å². The van der Waals surface area contributed by atoms with Crippen LogP contribution in [0.5, 0.6) is 0 Å². The number of likely N-dealkylation sites (N-methyl/N-ethyl adjacent to an activating group) is 1. The number of carbonyl (C=O) groups excluding carboxylic acids is 3. The molecule has 114 valence electrons. The monoisotopic (exact) mass is 285 g/mol. The predicted molar refractivity (Wildman–Crippen MR) is 75.0 cm³/mol. The van der Waals surface area contributed by atoms with Crippen LogP contribution >= 0.6 is 0 Å². The fraction of sp³-hybridized carbons (Fsp3) is 0.615. The third kappa shape index (κ3) is 8.25. The second-order valence-corrected chi connectivity index (χ2v) is 3.90. The lowest BCUT2D eigenvalue weighted by molar-refractivity contribution is -0.138. The Morgan fingerprint density at radius 1 is 1.10 bits per heavy atom. The molecule has 0 aromatic rings. The Hall–Kier alpha value is -1.89. The molecule has 0 aromatic heterocycles. The maximum atomic E-state index is 11.6. The molecule has 20 heavy (non-hydrogen) atoms. The van der Waals surface area contributed by atoms with Crippen LogP contribution in [-0.2, 0) is 19.1 Å². The van der Waals surface area contributed by atoms with Gasteiger partial charge in [0, 0.05) is 26.2 Å². The maximum Gasteiger partial charge on any atom is 0.248 e. The molecule has 0 spiro atoms. The van der Waals surface area contributed by atoms with Crippen molar-refractivity contribution in [1.29, 1.82) is 0 Å². The van der Waals surface area contributed by atoms with Gasteiger partial charge < -0.3 is 20.3 Å². The SMILES string of the molecule is C=CC(=O)NCCNC(=O)COCC(=O)N(CC)CC. The van der Waals surface area contributed by atoms with Gasteiger partial charge in [0.15, 0.2) is 0 Å². The van der Waals surface area contributed by atoms with E-state index in [-0.39, 0.29) is 30.9 Å². The molecule has 7 heteroatoms. The quantitative estimate of drug-likeness (QED) is 0.410. The summed E-state index contributed by atoms with van der Waals surface area (Å²) < 4.78 is 5.03. The molecule has 0 rings (SSSR count). The molecule has 0 fully saturated rings. The number of ether oxygens (including phenoxy) is 1. The summed E-state index contributed by atoms with van der Waals surface area (Å²) >= 11 is 0. The van der Waals surface area contributed by atoms with Gasteiger partial charge in [-0.15, -0.1) is 0 Å². The zero-order valence-electron chi connectivity index (χ0n) is 12.1. The highest BCUT2D eigenvalue weighted by atomic mass is 16.5. The highest BCUT2D eigenvalue weighted by Crippen LogP contribution is 1.89. The minimum absolute atomic E-state index is 0.109. The molecular weight excluding hydrogens is 262 g/mol. The van der Waals surface area contributed by atoms with Gasteiger partial charge in [-0.05, 0) is 19.9 Å². The summed E-state index contributed by atoms with van der Waals surface area (Å²) in [7, 11) is 0. The average Bonchev–Trinajstić information content (AvgIpc) is 2.44. The predicted octanol–water partition coefficient (Wildman–Crippen LogP) is -0.710. The Labute approximate surface area is 119 Å². The molecule has 0 heterocycles. The van der Waals surface area contributed by atoms with Crippen molar-refractivity contribution in [3.8, 4) is 0 Å². The highest BCUT2D eigenvalue weighted by molar-refractivity contribution is 5.86. The standard InChI is InChI=1S/C13H23N3O4/c1-4-11(17)14-7-8-15-12(18)9-20-10-13(19)16(5-2)6-3/h4H,1,5-10H2,2-3H3,(H,14,17)(H,15,18). The summed E-state index contributed by atoms with van der Waals surface area (Å²) in [4.78, 5) is 35.4. The molecule has 0 bridgehead atoms. The van der Waals surface area contributed by atoms with E-state index in [0.29, 0.717) is 26.2 Å². The molecule has 3 amide bonds. The number of rotatable bonds is 10. The number of nitrogens with one attached hydrogen (secondary N) is 2. The van der Waals surface area contributed by atoms with Gasteiger partial charge in [0.1, 0.15) is 13.2 Å². The summed E-state index contributed by atoms with van der Waals surface area (Å²) in [5.74, 6) is -0.758. The van der Waals surface area contributed by atoms with Crippen molar-refractivity contribution in [2.45, 2.75) is 13.8 Å². The minimum atomic E-state index is -0.329. The number of hydrogen-bond donors (Lipinski definition) is 2. The van der Waals surface area contributed by atoms with Crippen LogP contribution in [0.25, 0.3) is 0 Å². The van der Waals surface area contributed by atoms with Crippen molar-refractivity contribution in [1.82, 2.24) is 15.5 Å². The lowest BCUT2D eigenvalue weighted by Gasteiger charge is -2.18. The fourth-order valence-electron chi connectivity index (χ4n) is 1.41. The molecule has 0 aromatic carbocycles. The van der Waals surface area contributed by atoms with Crippen LogP contribution in [0, 0.1) is 0 Å². The molecule has 0 saturated carbocycles. The summed E-state index contributed by atoms with van der Waals surface area (Å²) in [5, 5.41) is 5.07. The number of hydrogen-bond acceptors (Lipinski definition) is 4. The van der Waals surface area contributed by atoms with Crippen LogP contribution in [0.15, 0.2) is 12.7 Å². The Morgan fingerprint density at radius 3 is 2.25 bits per heavy atom. The van der Waals surface area contributed by atoms with Gasteiger partial charge in [0.2, 0.25) is 17.7 Å². The first-order valence-corrected chi connectivity index (χ1v) is 6.57. The van der Waals surface area contributed by atoms with Crippen molar-refractivity contribution in [2.75, 3.05) is 39.4 Å². The van der Waals surface area contributed by atoms with Crippen molar-refractivity contribution >= 4 is 17.7 Å². The number of amides is 3. The van der Waals surface area contributed by atoms with Crippen LogP contribution in [0.4, 0.5) is 0 Å². The van der Waals surface area contributed by atoms with Crippen LogP contribution in [-0.4, -0.2) is 62.0 Å². The van der Waals surface area contributed by atoms with Gasteiger partial charge in [0.05, 0.1) is 0 Å². The first-order chi connectivity index (χ1) is 9.54. The third-order valence-corrected chi connectivity index (χ3v) is 2.51. The van der Waals surface area contributed by atoms with Crippen LogP contribution in [0.2, 0.25) is 0 Å². The second kappa shape index (κ2) is 11.0. The molecular formula is C13H23N3O4. The molecule has 0 aliphatic rings. The van der Waals surface area contributed by atoms with E-state index in [1.807, 2.05) is 13.8 Å². The van der Waals surface area contributed by atoms with Gasteiger partial charge in [-0.3, -0.25) is 14.4 Å². The van der Waals surface area contributed by atoms with E-state index >= 15 is 0 Å². The van der Waals surface area contributed by atoms with Crippen molar-refractivity contribution in [2.24, 2.45) is 0 Å². The van der Waals surface area contributed by atoms with Gasteiger partial charge >= 0.3 is 0 Å². The largest absolute Gasteiger partial charge is 0.362 e. The van der Waals surface area contributed by atoms with Crippen LogP contribution in [0.3, 0.4) is 0 Å². The molecule has 0 aliphatic carbocycles. The smallest absolute Gasteiger partial charge is 0.248 e.